The monoisotopic (exact) mass is 269 g/mol. The third-order valence-corrected chi connectivity index (χ3v) is 2.74. The van der Waals surface area contributed by atoms with Gasteiger partial charge in [0.05, 0.1) is 4.92 Å². The molecule has 0 aromatic carbocycles. The quantitative estimate of drug-likeness (QED) is 0.489. The first-order valence-corrected chi connectivity index (χ1v) is 5.61. The van der Waals surface area contributed by atoms with E-state index in [2.05, 4.69) is 10.3 Å². The van der Waals surface area contributed by atoms with E-state index in [1.807, 2.05) is 0 Å². The normalized spacial score (nSPS) is 11.5. The lowest BCUT2D eigenvalue weighted by Crippen LogP contribution is -2.08. The van der Waals surface area contributed by atoms with Gasteiger partial charge < -0.3 is 5.32 Å². The topological polar surface area (TPSA) is 68.1 Å². The molecule has 0 unspecified atom stereocenters. The Bertz CT molecular complexity index is 380. The van der Waals surface area contributed by atoms with Gasteiger partial charge in [-0.15, -0.1) is 0 Å². The molecule has 0 aliphatic heterocycles. The molecule has 9 heteroatoms. The predicted octanol–water partition coefficient (Wildman–Crippen LogP) is 3.20. The Kier molecular flexibility index (Phi) is 4.67. The second kappa shape index (κ2) is 5.80. The maximum Gasteiger partial charge on any atom is 0.389 e. The summed E-state index contributed by atoms with van der Waals surface area (Å²) in [5, 5.41) is 13.3. The minimum absolute atomic E-state index is 0.0317. The van der Waals surface area contributed by atoms with Crippen molar-refractivity contribution >= 4 is 21.5 Å². The highest BCUT2D eigenvalue weighted by atomic mass is 32.1. The number of thiazole rings is 1. The Morgan fingerprint density at radius 3 is 2.71 bits per heavy atom. The third-order valence-electron chi connectivity index (χ3n) is 1.84. The lowest BCUT2D eigenvalue weighted by atomic mass is 10.2. The summed E-state index contributed by atoms with van der Waals surface area (Å²) in [4.78, 5) is 13.5. The molecule has 0 radical (unpaired) electrons. The molecular weight excluding hydrogens is 259 g/mol. The zero-order valence-corrected chi connectivity index (χ0v) is 9.48. The summed E-state index contributed by atoms with van der Waals surface area (Å²) in [6.07, 6.45) is -3.45. The molecular formula is C8H10F3N3O2S. The molecule has 0 aliphatic carbocycles. The van der Waals surface area contributed by atoms with Gasteiger partial charge in [0.15, 0.2) is 5.13 Å². The van der Waals surface area contributed by atoms with Crippen LogP contribution in [0.2, 0.25) is 0 Å². The first-order valence-electron chi connectivity index (χ1n) is 4.79. The van der Waals surface area contributed by atoms with Crippen LogP contribution in [0, 0.1) is 10.1 Å². The van der Waals surface area contributed by atoms with Crippen LogP contribution in [0.5, 0.6) is 0 Å². The van der Waals surface area contributed by atoms with Crippen LogP contribution in [0.15, 0.2) is 6.20 Å². The number of nitrogens with one attached hydrogen (secondary N) is 1. The van der Waals surface area contributed by atoms with Crippen LogP contribution in [0.25, 0.3) is 0 Å². The molecule has 0 amide bonds. The van der Waals surface area contributed by atoms with Crippen molar-refractivity contribution in [3.63, 3.8) is 0 Å². The van der Waals surface area contributed by atoms with Crippen LogP contribution in [0.3, 0.4) is 0 Å². The summed E-state index contributed by atoms with van der Waals surface area (Å²) in [6, 6.07) is 0. The van der Waals surface area contributed by atoms with Gasteiger partial charge in [-0.05, 0) is 24.2 Å². The molecule has 0 saturated carbocycles. The van der Waals surface area contributed by atoms with E-state index in [1.54, 1.807) is 0 Å². The minimum atomic E-state index is -4.13. The SMILES string of the molecule is O=[N+]([O-])c1cnc(NCCCCC(F)(F)F)s1. The van der Waals surface area contributed by atoms with Gasteiger partial charge in [-0.2, -0.15) is 13.2 Å². The van der Waals surface area contributed by atoms with E-state index in [1.165, 1.54) is 0 Å². The van der Waals surface area contributed by atoms with Crippen LogP contribution in [0.1, 0.15) is 19.3 Å². The number of halogens is 3. The van der Waals surface area contributed by atoms with Crippen molar-refractivity contribution in [3.05, 3.63) is 16.3 Å². The van der Waals surface area contributed by atoms with E-state index in [0.29, 0.717) is 18.1 Å². The van der Waals surface area contributed by atoms with Crippen LogP contribution in [-0.2, 0) is 0 Å². The first kappa shape index (κ1) is 13.7. The smallest absolute Gasteiger partial charge is 0.361 e. The molecule has 1 aromatic heterocycles. The molecule has 17 heavy (non-hydrogen) atoms. The molecule has 1 rings (SSSR count). The number of nitro groups is 1. The summed E-state index contributed by atoms with van der Waals surface area (Å²) >= 11 is 0.861. The van der Waals surface area contributed by atoms with Gasteiger partial charge in [-0.3, -0.25) is 10.1 Å². The van der Waals surface area contributed by atoms with Crippen LogP contribution in [-0.4, -0.2) is 22.6 Å². The van der Waals surface area contributed by atoms with Crippen LogP contribution in [0.4, 0.5) is 23.3 Å². The van der Waals surface area contributed by atoms with E-state index in [0.717, 1.165) is 17.5 Å². The number of anilines is 1. The second-order valence-corrected chi connectivity index (χ2v) is 4.27. The Morgan fingerprint density at radius 2 is 2.18 bits per heavy atom. The summed E-state index contributed by atoms with van der Waals surface area (Å²) in [5.41, 5.74) is 0. The van der Waals surface area contributed by atoms with Crippen molar-refractivity contribution in [1.29, 1.82) is 0 Å². The summed E-state index contributed by atoms with van der Waals surface area (Å²) in [5.74, 6) is 0. The summed E-state index contributed by atoms with van der Waals surface area (Å²) in [6.45, 7) is 0.320. The number of hydrogen-bond acceptors (Lipinski definition) is 5. The fourth-order valence-electron chi connectivity index (χ4n) is 1.08. The zero-order valence-electron chi connectivity index (χ0n) is 8.66. The number of nitrogens with zero attached hydrogens (tertiary/aromatic N) is 2. The van der Waals surface area contributed by atoms with E-state index in [-0.39, 0.29) is 11.4 Å². The molecule has 0 spiro atoms. The molecule has 1 N–H and O–H groups in total. The molecule has 0 aliphatic rings. The molecule has 0 fully saturated rings. The standard InChI is InChI=1S/C8H10F3N3O2S/c9-8(10,11)3-1-2-4-12-7-13-5-6(17-7)14(15)16/h5H,1-4H2,(H,12,13). The first-order chi connectivity index (χ1) is 7.88. The van der Waals surface area contributed by atoms with E-state index in [9.17, 15) is 23.3 Å². The van der Waals surface area contributed by atoms with Gasteiger partial charge in [0.25, 0.3) is 0 Å². The fraction of sp³-hybridized carbons (Fsp3) is 0.625. The highest BCUT2D eigenvalue weighted by Crippen LogP contribution is 2.25. The van der Waals surface area contributed by atoms with Crippen LogP contribution >= 0.6 is 11.3 Å². The third kappa shape index (κ3) is 5.48. The number of unbranched alkanes of at least 4 members (excludes halogenated alkanes) is 1. The predicted molar refractivity (Wildman–Crippen MR) is 57.2 cm³/mol. The minimum Gasteiger partial charge on any atom is -0.361 e. The van der Waals surface area contributed by atoms with Gasteiger partial charge in [0.2, 0.25) is 0 Å². The number of alkyl halides is 3. The van der Waals surface area contributed by atoms with Crippen molar-refractivity contribution in [1.82, 2.24) is 4.98 Å². The Morgan fingerprint density at radius 1 is 1.47 bits per heavy atom. The molecule has 1 aromatic rings. The maximum atomic E-state index is 11.8. The van der Waals surface area contributed by atoms with Crippen molar-refractivity contribution in [2.24, 2.45) is 0 Å². The largest absolute Gasteiger partial charge is 0.389 e. The summed E-state index contributed by atoms with van der Waals surface area (Å²) < 4.78 is 35.4. The summed E-state index contributed by atoms with van der Waals surface area (Å²) in [7, 11) is 0. The fourth-order valence-corrected chi connectivity index (χ4v) is 1.74. The average molecular weight is 269 g/mol. The van der Waals surface area contributed by atoms with Gasteiger partial charge in [0, 0.05) is 13.0 Å². The van der Waals surface area contributed by atoms with E-state index in [4.69, 9.17) is 0 Å². The highest BCUT2D eigenvalue weighted by Gasteiger charge is 2.25. The molecule has 0 atom stereocenters. The van der Waals surface area contributed by atoms with Crippen LogP contribution < -0.4 is 5.32 Å². The Balaban J connectivity index is 2.20. The Labute approximate surface area is 98.8 Å². The number of hydrogen-bond donors (Lipinski definition) is 1. The zero-order chi connectivity index (χ0) is 12.9. The highest BCUT2D eigenvalue weighted by molar-refractivity contribution is 7.18. The molecule has 5 nitrogen and oxygen atoms in total. The second-order valence-electron chi connectivity index (χ2n) is 3.26. The number of rotatable bonds is 6. The molecule has 96 valence electrons. The lowest BCUT2D eigenvalue weighted by molar-refractivity contribution is -0.380. The lowest BCUT2D eigenvalue weighted by Gasteiger charge is -2.05. The maximum absolute atomic E-state index is 11.8. The average Bonchev–Trinajstić information content (AvgIpc) is 2.64. The van der Waals surface area contributed by atoms with Crippen molar-refractivity contribution < 1.29 is 18.1 Å². The number of aromatic nitrogens is 1. The van der Waals surface area contributed by atoms with Crippen molar-refractivity contribution in [3.8, 4) is 0 Å². The van der Waals surface area contributed by atoms with Gasteiger partial charge >= 0.3 is 11.2 Å². The van der Waals surface area contributed by atoms with Gasteiger partial charge in [-0.25, -0.2) is 4.98 Å². The van der Waals surface area contributed by atoms with Crippen molar-refractivity contribution in [2.75, 3.05) is 11.9 Å². The molecule has 0 saturated heterocycles. The van der Waals surface area contributed by atoms with Gasteiger partial charge in [-0.1, -0.05) is 0 Å². The van der Waals surface area contributed by atoms with E-state index < -0.39 is 17.5 Å². The Hall–Kier alpha value is -1.38. The molecule has 1 heterocycles. The van der Waals surface area contributed by atoms with Gasteiger partial charge in [0.1, 0.15) is 6.20 Å². The molecule has 0 bridgehead atoms. The van der Waals surface area contributed by atoms with Crippen molar-refractivity contribution in [2.45, 2.75) is 25.4 Å². The van der Waals surface area contributed by atoms with E-state index >= 15 is 0 Å².